The number of fused-ring (bicyclic) bond motifs is 1. The molecule has 0 aliphatic rings. The third-order valence-corrected chi connectivity index (χ3v) is 7.03. The lowest BCUT2D eigenvalue weighted by Gasteiger charge is -2.16. The number of nitrogens with zero attached hydrogens (tertiary/aromatic N) is 1. The highest BCUT2D eigenvalue weighted by molar-refractivity contribution is 6.31. The van der Waals surface area contributed by atoms with Crippen molar-refractivity contribution < 1.29 is 22.0 Å². The van der Waals surface area contributed by atoms with Crippen molar-refractivity contribution in [3.63, 3.8) is 0 Å². The van der Waals surface area contributed by atoms with E-state index in [1.807, 2.05) is 60.6 Å². The molecule has 1 unspecified atom stereocenters. The van der Waals surface area contributed by atoms with Crippen LogP contribution in [0.3, 0.4) is 0 Å². The van der Waals surface area contributed by atoms with E-state index in [0.717, 1.165) is 78.5 Å². The number of aliphatic imine (C=N–C) groups is 1. The molecule has 1 heterocycles. The van der Waals surface area contributed by atoms with E-state index in [4.69, 9.17) is 11.6 Å². The standard InChI is InChI=1S/C24H30ClF2N.C10H14F3N.2C2H6/c1-6-9-11-18-19-13-20(25)22(27)14-23(19)28-24(18)16(5)17(10-7-2)12-21(26)15(4)8-3;1-4-5-9(3)14-7-6-8(2)10(11,12)13;2*1-2/h10,12-14,16,28H,4,6-9,11H2,1-3,5H3;5-7H,4H2,1-3H3;2*1-2H3/b17-10+,21-12+;8-6+,9-5+,14-7+;;. The second-order valence-electron chi connectivity index (χ2n) is 10.1. The van der Waals surface area contributed by atoms with Gasteiger partial charge in [-0.15, -0.1) is 0 Å². The summed E-state index contributed by atoms with van der Waals surface area (Å²) in [6.07, 6.45) is 8.48. The predicted octanol–water partition coefficient (Wildman–Crippen LogP) is 14.5. The van der Waals surface area contributed by atoms with E-state index in [9.17, 15) is 22.0 Å². The molecule has 0 spiro atoms. The zero-order valence-electron chi connectivity index (χ0n) is 29.8. The average Bonchev–Trinajstić information content (AvgIpc) is 3.37. The quantitative estimate of drug-likeness (QED) is 0.132. The number of hydrogen-bond acceptors (Lipinski definition) is 1. The first-order valence-corrected chi connectivity index (χ1v) is 16.8. The molecule has 0 aliphatic heterocycles. The van der Waals surface area contributed by atoms with Gasteiger partial charge in [0, 0.05) is 40.0 Å². The third kappa shape index (κ3) is 15.6. The number of H-pyrrole nitrogens is 1. The molecule has 2 rings (SSSR count). The molecule has 0 saturated carbocycles. The molecular formula is C38H56ClF5N2. The summed E-state index contributed by atoms with van der Waals surface area (Å²) in [6, 6.07) is 3.14. The number of nitrogens with one attached hydrogen (secondary N) is 1. The van der Waals surface area contributed by atoms with Gasteiger partial charge in [-0.25, -0.2) is 8.78 Å². The number of benzene rings is 1. The number of rotatable bonds is 12. The maximum absolute atomic E-state index is 14.5. The first kappa shape index (κ1) is 45.2. The normalized spacial score (nSPS) is 13.4. The fourth-order valence-corrected chi connectivity index (χ4v) is 4.31. The minimum atomic E-state index is -4.26. The van der Waals surface area contributed by atoms with Gasteiger partial charge in [0.1, 0.15) is 11.6 Å². The predicted molar refractivity (Wildman–Crippen MR) is 192 cm³/mol. The van der Waals surface area contributed by atoms with Crippen LogP contribution in [0.15, 0.2) is 76.3 Å². The molecule has 0 bridgehead atoms. The number of halogens is 6. The van der Waals surface area contributed by atoms with Crippen LogP contribution in [-0.2, 0) is 6.42 Å². The van der Waals surface area contributed by atoms with E-state index in [0.29, 0.717) is 12.0 Å². The fraction of sp³-hybridized carbons (Fsp3) is 0.500. The van der Waals surface area contributed by atoms with E-state index in [-0.39, 0.29) is 16.8 Å². The SMILES string of the molecule is C=C(CC)/C(F)=C\C(=C/CC)C(C)c1[nH]c2cc(F)c(Cl)cc2c1CCCC.CC.CC.CC/C=C(C)/N=C/C=C(\C)C(F)(F)F. The molecular weight excluding hydrogens is 615 g/mol. The number of aromatic amines is 1. The van der Waals surface area contributed by atoms with Crippen molar-refractivity contribution in [3.8, 4) is 0 Å². The molecule has 1 N–H and O–H groups in total. The summed E-state index contributed by atoms with van der Waals surface area (Å²) >= 11 is 6.05. The van der Waals surface area contributed by atoms with E-state index >= 15 is 0 Å². The van der Waals surface area contributed by atoms with Crippen LogP contribution in [0.5, 0.6) is 0 Å². The van der Waals surface area contributed by atoms with Gasteiger partial charge in [-0.2, -0.15) is 13.2 Å². The van der Waals surface area contributed by atoms with Crippen molar-refractivity contribution in [2.75, 3.05) is 0 Å². The van der Waals surface area contributed by atoms with Crippen LogP contribution in [-0.4, -0.2) is 17.4 Å². The van der Waals surface area contributed by atoms with Crippen LogP contribution in [0.2, 0.25) is 5.02 Å². The minimum absolute atomic E-state index is 0.0588. The average molecular weight is 671 g/mol. The maximum Gasteiger partial charge on any atom is 0.412 e. The molecule has 2 aromatic rings. The monoisotopic (exact) mass is 670 g/mol. The summed E-state index contributed by atoms with van der Waals surface area (Å²) in [4.78, 5) is 7.21. The van der Waals surface area contributed by atoms with Crippen LogP contribution in [0.4, 0.5) is 22.0 Å². The Kier molecular flexibility index (Phi) is 23.8. The first-order valence-electron chi connectivity index (χ1n) is 16.4. The highest BCUT2D eigenvalue weighted by Gasteiger charge is 2.29. The Bertz CT molecular complexity index is 1340. The van der Waals surface area contributed by atoms with Crippen LogP contribution < -0.4 is 0 Å². The van der Waals surface area contributed by atoms with Gasteiger partial charge in [-0.3, -0.25) is 4.99 Å². The molecule has 0 saturated heterocycles. The Morgan fingerprint density at radius 2 is 1.61 bits per heavy atom. The van der Waals surface area contributed by atoms with Crippen molar-refractivity contribution in [2.45, 2.75) is 127 Å². The lowest BCUT2D eigenvalue weighted by molar-refractivity contribution is -0.0911. The number of unbranched alkanes of at least 4 members (excludes halogenated alkanes) is 1. The highest BCUT2D eigenvalue weighted by atomic mass is 35.5. The van der Waals surface area contributed by atoms with Crippen molar-refractivity contribution >= 4 is 28.7 Å². The largest absolute Gasteiger partial charge is 0.412 e. The molecule has 2 nitrogen and oxygen atoms in total. The molecule has 0 fully saturated rings. The number of alkyl halides is 3. The van der Waals surface area contributed by atoms with Crippen LogP contribution in [0, 0.1) is 5.82 Å². The highest BCUT2D eigenvalue weighted by Crippen LogP contribution is 2.36. The Morgan fingerprint density at radius 1 is 1.02 bits per heavy atom. The molecule has 0 amide bonds. The van der Waals surface area contributed by atoms with Crippen molar-refractivity contribution in [1.29, 1.82) is 0 Å². The van der Waals surface area contributed by atoms with E-state index in [2.05, 4.69) is 30.4 Å². The van der Waals surface area contributed by atoms with Gasteiger partial charge in [-0.05, 0) is 86.9 Å². The zero-order valence-corrected chi connectivity index (χ0v) is 30.5. The van der Waals surface area contributed by atoms with Crippen molar-refractivity contribution in [2.24, 2.45) is 4.99 Å². The second-order valence-corrected chi connectivity index (χ2v) is 10.5. The van der Waals surface area contributed by atoms with Gasteiger partial charge in [0.05, 0.1) is 5.02 Å². The number of hydrogen-bond donors (Lipinski definition) is 1. The number of allylic oxidation sites excluding steroid dienone is 9. The summed E-state index contributed by atoms with van der Waals surface area (Å²) in [6.45, 7) is 24.6. The molecule has 1 atom stereocenters. The summed E-state index contributed by atoms with van der Waals surface area (Å²) in [5.74, 6) is -0.781. The van der Waals surface area contributed by atoms with Gasteiger partial charge in [0.2, 0.25) is 0 Å². The Morgan fingerprint density at radius 3 is 2.11 bits per heavy atom. The van der Waals surface area contributed by atoms with Crippen LogP contribution in [0.25, 0.3) is 10.9 Å². The van der Waals surface area contributed by atoms with Gasteiger partial charge >= 0.3 is 6.18 Å². The number of aromatic nitrogens is 1. The molecule has 0 aliphatic carbocycles. The first-order chi connectivity index (χ1) is 21.7. The smallest absolute Gasteiger partial charge is 0.358 e. The molecule has 1 aromatic heterocycles. The van der Waals surface area contributed by atoms with Gasteiger partial charge in [0.15, 0.2) is 0 Å². The molecule has 0 radical (unpaired) electrons. The molecule has 46 heavy (non-hydrogen) atoms. The number of aryl methyl sites for hydroxylation is 1. The van der Waals surface area contributed by atoms with E-state index < -0.39 is 17.6 Å². The second kappa shape index (κ2) is 24.3. The van der Waals surface area contributed by atoms with E-state index in [1.54, 1.807) is 19.1 Å². The van der Waals surface area contributed by atoms with Crippen molar-refractivity contribution in [3.05, 3.63) is 93.4 Å². The lowest BCUT2D eigenvalue weighted by atomic mass is 9.90. The van der Waals surface area contributed by atoms with Crippen LogP contribution >= 0.6 is 11.6 Å². The zero-order chi connectivity index (χ0) is 36.0. The summed E-state index contributed by atoms with van der Waals surface area (Å²) in [5, 5.41) is 1.07. The maximum atomic E-state index is 14.5. The molecule has 8 heteroatoms. The topological polar surface area (TPSA) is 28.1 Å². The van der Waals surface area contributed by atoms with Gasteiger partial charge in [-0.1, -0.05) is 99.1 Å². The Hall–Kier alpha value is -2.93. The summed E-state index contributed by atoms with van der Waals surface area (Å²) in [7, 11) is 0. The Balaban J connectivity index is 0. The van der Waals surface area contributed by atoms with Gasteiger partial charge < -0.3 is 4.98 Å². The fourth-order valence-electron chi connectivity index (χ4n) is 4.15. The summed E-state index contributed by atoms with van der Waals surface area (Å²) < 4.78 is 64.4. The molecule has 1 aromatic carbocycles. The van der Waals surface area contributed by atoms with Crippen molar-refractivity contribution in [1.82, 2.24) is 4.98 Å². The third-order valence-electron chi connectivity index (χ3n) is 6.74. The van der Waals surface area contributed by atoms with Gasteiger partial charge in [0.25, 0.3) is 0 Å². The Labute approximate surface area is 280 Å². The minimum Gasteiger partial charge on any atom is -0.358 e. The summed E-state index contributed by atoms with van der Waals surface area (Å²) in [5.41, 5.74) is 4.32. The van der Waals surface area contributed by atoms with E-state index in [1.165, 1.54) is 12.3 Å². The van der Waals surface area contributed by atoms with Crippen LogP contribution in [0.1, 0.15) is 125 Å². The lowest BCUT2D eigenvalue weighted by Crippen LogP contribution is -2.08. The molecule has 260 valence electrons.